The highest BCUT2D eigenvalue weighted by Gasteiger charge is 2.13. The maximum atomic E-state index is 12.0. The summed E-state index contributed by atoms with van der Waals surface area (Å²) in [4.78, 5) is 13.7. The van der Waals surface area contributed by atoms with E-state index in [2.05, 4.69) is 0 Å². The first-order valence-electron chi connectivity index (χ1n) is 5.63. The number of hydrogen-bond donors (Lipinski definition) is 1. The lowest BCUT2D eigenvalue weighted by atomic mass is 10.1. The van der Waals surface area contributed by atoms with Crippen molar-refractivity contribution >= 4 is 5.91 Å². The Morgan fingerprint density at radius 1 is 1.41 bits per heavy atom. The number of benzene rings is 1. The van der Waals surface area contributed by atoms with E-state index in [9.17, 15) is 4.79 Å². The van der Waals surface area contributed by atoms with E-state index < -0.39 is 0 Å². The van der Waals surface area contributed by atoms with E-state index >= 15 is 0 Å². The molecular weight excluding hydrogens is 216 g/mol. The zero-order valence-electron chi connectivity index (χ0n) is 9.89. The molecule has 1 amide bonds. The summed E-state index contributed by atoms with van der Waals surface area (Å²) in [5.74, 6) is -0.0644. The summed E-state index contributed by atoms with van der Waals surface area (Å²) in [6.45, 7) is 3.14. The lowest BCUT2D eigenvalue weighted by molar-refractivity contribution is 0.0754. The van der Waals surface area contributed by atoms with Crippen LogP contribution in [0.25, 0.3) is 0 Å². The Labute approximate surface area is 101 Å². The number of hydrogen-bond acceptors (Lipinski definition) is 3. The number of rotatable bonds is 5. The van der Waals surface area contributed by atoms with E-state index in [4.69, 9.17) is 10.4 Å². The van der Waals surface area contributed by atoms with Gasteiger partial charge in [-0.15, -0.1) is 0 Å². The third-order valence-electron chi connectivity index (χ3n) is 2.52. The van der Waals surface area contributed by atoms with Crippen molar-refractivity contribution in [2.45, 2.75) is 13.3 Å². The minimum atomic E-state index is -0.0644. The highest BCUT2D eigenvalue weighted by Crippen LogP contribution is 2.07. The SMILES string of the molecule is CCN(CCCO)C(=O)c1ccc(C#N)cc1. The highest BCUT2D eigenvalue weighted by atomic mass is 16.3. The van der Waals surface area contributed by atoms with Gasteiger partial charge in [-0.25, -0.2) is 0 Å². The van der Waals surface area contributed by atoms with Gasteiger partial charge in [-0.1, -0.05) is 0 Å². The molecular formula is C13H16N2O2. The molecule has 0 aromatic heterocycles. The zero-order valence-corrected chi connectivity index (χ0v) is 9.89. The smallest absolute Gasteiger partial charge is 0.253 e. The Balaban J connectivity index is 2.76. The van der Waals surface area contributed by atoms with Crippen LogP contribution in [-0.4, -0.2) is 35.6 Å². The van der Waals surface area contributed by atoms with Crippen molar-refractivity contribution in [1.29, 1.82) is 5.26 Å². The summed E-state index contributed by atoms with van der Waals surface area (Å²) >= 11 is 0. The molecule has 0 unspecified atom stereocenters. The number of nitriles is 1. The average Bonchev–Trinajstić information content (AvgIpc) is 2.39. The molecule has 1 aromatic carbocycles. The molecule has 90 valence electrons. The van der Waals surface area contributed by atoms with Gasteiger partial charge in [0, 0.05) is 25.3 Å². The summed E-state index contributed by atoms with van der Waals surface area (Å²) in [7, 11) is 0. The summed E-state index contributed by atoms with van der Waals surface area (Å²) < 4.78 is 0. The predicted octanol–water partition coefficient (Wildman–Crippen LogP) is 1.40. The Kier molecular flexibility index (Phi) is 5.18. The van der Waals surface area contributed by atoms with Crippen LogP contribution in [0.4, 0.5) is 0 Å². The van der Waals surface area contributed by atoms with Gasteiger partial charge in [-0.2, -0.15) is 5.26 Å². The molecule has 1 aromatic rings. The Morgan fingerprint density at radius 3 is 2.53 bits per heavy atom. The summed E-state index contributed by atoms with van der Waals surface area (Å²) in [6.07, 6.45) is 0.579. The number of aliphatic hydroxyl groups excluding tert-OH is 1. The molecule has 0 aliphatic rings. The predicted molar refractivity (Wildman–Crippen MR) is 64.4 cm³/mol. The van der Waals surface area contributed by atoms with Crippen molar-refractivity contribution in [2.24, 2.45) is 0 Å². The quantitative estimate of drug-likeness (QED) is 0.834. The van der Waals surface area contributed by atoms with Gasteiger partial charge < -0.3 is 10.0 Å². The fraction of sp³-hybridized carbons (Fsp3) is 0.385. The van der Waals surface area contributed by atoms with Crippen LogP contribution in [0.15, 0.2) is 24.3 Å². The minimum absolute atomic E-state index is 0.0644. The third-order valence-corrected chi connectivity index (χ3v) is 2.52. The van der Waals surface area contributed by atoms with Crippen LogP contribution in [0.1, 0.15) is 29.3 Å². The number of aliphatic hydroxyl groups is 1. The lowest BCUT2D eigenvalue weighted by Gasteiger charge is -2.20. The summed E-state index contributed by atoms with van der Waals surface area (Å²) in [5.41, 5.74) is 1.11. The Morgan fingerprint density at radius 2 is 2.06 bits per heavy atom. The lowest BCUT2D eigenvalue weighted by Crippen LogP contribution is -2.32. The van der Waals surface area contributed by atoms with Crippen LogP contribution in [0.2, 0.25) is 0 Å². The number of amides is 1. The second kappa shape index (κ2) is 6.66. The van der Waals surface area contributed by atoms with Gasteiger partial charge in [0.2, 0.25) is 0 Å². The molecule has 0 aliphatic heterocycles. The number of carbonyl (C=O) groups excluding carboxylic acids is 1. The van der Waals surface area contributed by atoms with Gasteiger partial charge in [-0.05, 0) is 37.6 Å². The van der Waals surface area contributed by atoms with Crippen LogP contribution >= 0.6 is 0 Å². The molecule has 17 heavy (non-hydrogen) atoms. The van der Waals surface area contributed by atoms with Crippen molar-refractivity contribution in [3.63, 3.8) is 0 Å². The molecule has 0 atom stereocenters. The Hall–Kier alpha value is -1.86. The Bertz CT molecular complexity index is 406. The van der Waals surface area contributed by atoms with Gasteiger partial charge in [0.05, 0.1) is 11.6 Å². The average molecular weight is 232 g/mol. The third kappa shape index (κ3) is 3.58. The van der Waals surface area contributed by atoms with Crippen LogP contribution in [0.3, 0.4) is 0 Å². The van der Waals surface area contributed by atoms with Crippen molar-refractivity contribution in [1.82, 2.24) is 4.90 Å². The van der Waals surface area contributed by atoms with Gasteiger partial charge in [0.1, 0.15) is 0 Å². The normalized spacial score (nSPS) is 9.71. The molecule has 0 saturated heterocycles. The number of nitrogens with zero attached hydrogens (tertiary/aromatic N) is 2. The summed E-state index contributed by atoms with van der Waals surface area (Å²) in [6, 6.07) is 8.59. The van der Waals surface area contributed by atoms with E-state index in [0.717, 1.165) is 0 Å². The zero-order chi connectivity index (χ0) is 12.7. The van der Waals surface area contributed by atoms with Crippen LogP contribution in [-0.2, 0) is 0 Å². The first kappa shape index (κ1) is 13.2. The molecule has 0 heterocycles. The monoisotopic (exact) mass is 232 g/mol. The number of carbonyl (C=O) groups is 1. The van der Waals surface area contributed by atoms with Gasteiger partial charge in [0.15, 0.2) is 0 Å². The van der Waals surface area contributed by atoms with Gasteiger partial charge in [0.25, 0.3) is 5.91 Å². The molecule has 4 heteroatoms. The van der Waals surface area contributed by atoms with Crippen LogP contribution < -0.4 is 0 Å². The molecule has 0 saturated carbocycles. The van der Waals surface area contributed by atoms with Crippen LogP contribution in [0.5, 0.6) is 0 Å². The molecule has 0 radical (unpaired) electrons. The van der Waals surface area contributed by atoms with E-state index in [1.54, 1.807) is 29.2 Å². The van der Waals surface area contributed by atoms with E-state index in [1.165, 1.54) is 0 Å². The fourth-order valence-electron chi connectivity index (χ4n) is 1.53. The topological polar surface area (TPSA) is 64.3 Å². The van der Waals surface area contributed by atoms with Gasteiger partial charge >= 0.3 is 0 Å². The van der Waals surface area contributed by atoms with Gasteiger partial charge in [-0.3, -0.25) is 4.79 Å². The van der Waals surface area contributed by atoms with Crippen molar-refractivity contribution in [2.75, 3.05) is 19.7 Å². The maximum Gasteiger partial charge on any atom is 0.253 e. The molecule has 4 nitrogen and oxygen atoms in total. The molecule has 1 N–H and O–H groups in total. The second-order valence-electron chi connectivity index (χ2n) is 3.65. The second-order valence-corrected chi connectivity index (χ2v) is 3.65. The molecule has 1 rings (SSSR count). The van der Waals surface area contributed by atoms with E-state index in [0.29, 0.717) is 30.6 Å². The first-order valence-corrected chi connectivity index (χ1v) is 5.63. The van der Waals surface area contributed by atoms with E-state index in [1.807, 2.05) is 13.0 Å². The summed E-state index contributed by atoms with van der Waals surface area (Å²) in [5, 5.41) is 17.4. The fourth-order valence-corrected chi connectivity index (χ4v) is 1.53. The highest BCUT2D eigenvalue weighted by molar-refractivity contribution is 5.94. The van der Waals surface area contributed by atoms with Crippen molar-refractivity contribution in [3.05, 3.63) is 35.4 Å². The standard InChI is InChI=1S/C13H16N2O2/c1-2-15(8-3-9-16)13(17)12-6-4-11(10-14)5-7-12/h4-7,16H,2-3,8-9H2,1H3. The minimum Gasteiger partial charge on any atom is -0.396 e. The molecule has 0 spiro atoms. The van der Waals surface area contributed by atoms with Crippen molar-refractivity contribution in [3.8, 4) is 6.07 Å². The maximum absolute atomic E-state index is 12.0. The van der Waals surface area contributed by atoms with E-state index in [-0.39, 0.29) is 12.5 Å². The molecule has 0 fully saturated rings. The van der Waals surface area contributed by atoms with Crippen LogP contribution in [0, 0.1) is 11.3 Å². The first-order chi connectivity index (χ1) is 8.22. The van der Waals surface area contributed by atoms with Crippen molar-refractivity contribution < 1.29 is 9.90 Å². The molecule has 0 aliphatic carbocycles. The molecule has 0 bridgehead atoms. The largest absolute Gasteiger partial charge is 0.396 e.